The van der Waals surface area contributed by atoms with E-state index in [-0.39, 0.29) is 5.82 Å². The van der Waals surface area contributed by atoms with Gasteiger partial charge >= 0.3 is 0 Å². The normalized spacial score (nSPS) is 17.6. The molecule has 0 bridgehead atoms. The number of rotatable bonds is 5. The summed E-state index contributed by atoms with van der Waals surface area (Å²) in [6.45, 7) is 5.84. The highest BCUT2D eigenvalue weighted by Crippen LogP contribution is 2.38. The van der Waals surface area contributed by atoms with E-state index in [2.05, 4.69) is 27.3 Å². The number of halogens is 1. The van der Waals surface area contributed by atoms with Crippen LogP contribution in [0.4, 0.5) is 16.0 Å². The number of fused-ring (bicyclic) bond motifs is 1. The first-order valence-electron chi connectivity index (χ1n) is 11.5. The van der Waals surface area contributed by atoms with Crippen molar-refractivity contribution < 1.29 is 9.50 Å². The van der Waals surface area contributed by atoms with Gasteiger partial charge in [0.05, 0.1) is 22.7 Å². The number of nitrogens with zero attached hydrogens (tertiary/aromatic N) is 6. The fourth-order valence-electron chi connectivity index (χ4n) is 5.05. The second-order valence-electron chi connectivity index (χ2n) is 8.99. The second-order valence-corrected chi connectivity index (χ2v) is 8.99. The van der Waals surface area contributed by atoms with Gasteiger partial charge in [-0.25, -0.2) is 19.0 Å². The van der Waals surface area contributed by atoms with Crippen molar-refractivity contribution in [3.63, 3.8) is 0 Å². The third-order valence-electron chi connectivity index (χ3n) is 6.50. The summed E-state index contributed by atoms with van der Waals surface area (Å²) in [6.07, 6.45) is 4.68. The van der Waals surface area contributed by atoms with Crippen molar-refractivity contribution in [3.05, 3.63) is 65.0 Å². The lowest BCUT2D eigenvalue weighted by Gasteiger charge is -2.29. The standard InChI is InChI=1S/C25H28FN7O/c1-5-18-23(16-8-10-17(26)11-9-16)32(4)31-24(18)29-20-13-21(28-14-27-20)33-19-7-6-12-25(3,34)22(19)15(2)30-33/h8-11,13-14,34H,5-7,12H2,1-4H3,(H,27,28,29,31). The maximum Gasteiger partial charge on any atom is 0.159 e. The number of anilines is 2. The summed E-state index contributed by atoms with van der Waals surface area (Å²) in [6, 6.07) is 8.26. The van der Waals surface area contributed by atoms with E-state index in [0.29, 0.717) is 17.5 Å². The van der Waals surface area contributed by atoms with Crippen LogP contribution in [0.1, 0.15) is 49.2 Å². The number of benzene rings is 1. The molecule has 0 fully saturated rings. The van der Waals surface area contributed by atoms with Crippen molar-refractivity contribution in [1.29, 1.82) is 0 Å². The maximum atomic E-state index is 13.4. The highest BCUT2D eigenvalue weighted by molar-refractivity contribution is 5.72. The Morgan fingerprint density at radius 2 is 1.94 bits per heavy atom. The van der Waals surface area contributed by atoms with Gasteiger partial charge in [-0.2, -0.15) is 10.2 Å². The van der Waals surface area contributed by atoms with E-state index in [1.54, 1.807) is 16.8 Å². The molecule has 0 spiro atoms. The predicted molar refractivity (Wildman–Crippen MR) is 128 cm³/mol. The summed E-state index contributed by atoms with van der Waals surface area (Å²) in [4.78, 5) is 8.84. The van der Waals surface area contributed by atoms with Crippen molar-refractivity contribution in [2.75, 3.05) is 5.32 Å². The number of hydrogen-bond acceptors (Lipinski definition) is 6. The molecule has 1 atom stereocenters. The van der Waals surface area contributed by atoms with Gasteiger partial charge in [0, 0.05) is 29.8 Å². The van der Waals surface area contributed by atoms with E-state index >= 15 is 0 Å². The first-order valence-corrected chi connectivity index (χ1v) is 11.5. The summed E-state index contributed by atoms with van der Waals surface area (Å²) >= 11 is 0. The molecule has 0 saturated heterocycles. The second kappa shape index (κ2) is 8.32. The topological polar surface area (TPSA) is 93.7 Å². The average molecular weight is 462 g/mol. The number of hydrogen-bond donors (Lipinski definition) is 2. The van der Waals surface area contributed by atoms with Gasteiger partial charge in [-0.1, -0.05) is 6.92 Å². The fourth-order valence-corrected chi connectivity index (χ4v) is 5.05. The fraction of sp³-hybridized carbons (Fsp3) is 0.360. The maximum absolute atomic E-state index is 13.4. The lowest BCUT2D eigenvalue weighted by Crippen LogP contribution is -2.27. The molecule has 0 saturated carbocycles. The molecule has 8 nitrogen and oxygen atoms in total. The Kier molecular flexibility index (Phi) is 5.44. The molecule has 2 N–H and O–H groups in total. The van der Waals surface area contributed by atoms with Crippen molar-refractivity contribution in [2.24, 2.45) is 7.05 Å². The van der Waals surface area contributed by atoms with Crippen molar-refractivity contribution in [2.45, 2.75) is 52.1 Å². The molecule has 1 aromatic carbocycles. The highest BCUT2D eigenvalue weighted by Gasteiger charge is 2.35. The van der Waals surface area contributed by atoms with Gasteiger partial charge in [0.1, 0.15) is 18.0 Å². The summed E-state index contributed by atoms with van der Waals surface area (Å²) in [7, 11) is 1.87. The van der Waals surface area contributed by atoms with Crippen molar-refractivity contribution in [1.82, 2.24) is 29.5 Å². The van der Waals surface area contributed by atoms with Gasteiger partial charge in [0.25, 0.3) is 0 Å². The minimum atomic E-state index is -0.884. The largest absolute Gasteiger partial charge is 0.385 e. The molecular formula is C25H28FN7O. The summed E-state index contributed by atoms with van der Waals surface area (Å²) < 4.78 is 17.0. The highest BCUT2D eigenvalue weighted by atomic mass is 19.1. The van der Waals surface area contributed by atoms with E-state index in [9.17, 15) is 9.50 Å². The smallest absolute Gasteiger partial charge is 0.159 e. The van der Waals surface area contributed by atoms with Gasteiger partial charge in [-0.15, -0.1) is 0 Å². The molecular weight excluding hydrogens is 433 g/mol. The van der Waals surface area contributed by atoms with Crippen LogP contribution in [0.3, 0.4) is 0 Å². The van der Waals surface area contributed by atoms with Crippen LogP contribution >= 0.6 is 0 Å². The van der Waals surface area contributed by atoms with Gasteiger partial charge in [-0.05, 0) is 63.8 Å². The Balaban J connectivity index is 1.51. The third kappa shape index (κ3) is 3.75. The number of aryl methyl sites for hydroxylation is 2. The Labute approximate surface area is 197 Å². The van der Waals surface area contributed by atoms with E-state index in [1.807, 2.05) is 31.6 Å². The molecule has 5 rings (SSSR count). The lowest BCUT2D eigenvalue weighted by atomic mass is 9.83. The van der Waals surface area contributed by atoms with Crippen LogP contribution in [0.25, 0.3) is 17.1 Å². The van der Waals surface area contributed by atoms with E-state index in [1.165, 1.54) is 18.5 Å². The SMILES string of the molecule is CCc1c(Nc2cc(-n3nc(C)c4c3CCCC4(C)O)ncn2)nn(C)c1-c1ccc(F)cc1. The Morgan fingerprint density at radius 3 is 2.68 bits per heavy atom. The molecule has 3 heterocycles. The van der Waals surface area contributed by atoms with Gasteiger partial charge < -0.3 is 10.4 Å². The Bertz CT molecular complexity index is 1350. The summed E-state index contributed by atoms with van der Waals surface area (Å²) in [5, 5.41) is 23.6. The zero-order valence-electron chi connectivity index (χ0n) is 19.8. The zero-order chi connectivity index (χ0) is 24.0. The molecule has 1 aliphatic rings. The monoisotopic (exact) mass is 461 g/mol. The zero-order valence-corrected chi connectivity index (χ0v) is 19.8. The molecule has 1 unspecified atom stereocenters. The van der Waals surface area contributed by atoms with Gasteiger partial charge in [0.15, 0.2) is 11.6 Å². The van der Waals surface area contributed by atoms with Crippen LogP contribution in [0.5, 0.6) is 0 Å². The van der Waals surface area contributed by atoms with Crippen LogP contribution in [-0.4, -0.2) is 34.6 Å². The van der Waals surface area contributed by atoms with Crippen molar-refractivity contribution in [3.8, 4) is 17.1 Å². The van der Waals surface area contributed by atoms with Gasteiger partial charge in [0.2, 0.25) is 0 Å². The molecule has 0 radical (unpaired) electrons. The molecule has 1 aliphatic carbocycles. The van der Waals surface area contributed by atoms with Crippen LogP contribution in [-0.2, 0) is 25.5 Å². The summed E-state index contributed by atoms with van der Waals surface area (Å²) in [5.74, 6) is 1.64. The number of aromatic nitrogens is 6. The molecule has 0 amide bonds. The lowest BCUT2D eigenvalue weighted by molar-refractivity contribution is 0.0378. The molecule has 3 aromatic heterocycles. The summed E-state index contributed by atoms with van der Waals surface area (Å²) in [5.41, 5.74) is 4.66. The molecule has 4 aromatic rings. The molecule has 34 heavy (non-hydrogen) atoms. The Hall–Kier alpha value is -3.59. The third-order valence-corrected chi connectivity index (χ3v) is 6.50. The van der Waals surface area contributed by atoms with E-state index in [4.69, 9.17) is 5.10 Å². The van der Waals surface area contributed by atoms with Crippen LogP contribution < -0.4 is 5.32 Å². The molecule has 176 valence electrons. The van der Waals surface area contributed by atoms with Crippen LogP contribution in [0, 0.1) is 12.7 Å². The quantitative estimate of drug-likeness (QED) is 0.459. The van der Waals surface area contributed by atoms with E-state index < -0.39 is 5.60 Å². The molecule has 9 heteroatoms. The van der Waals surface area contributed by atoms with Crippen LogP contribution in [0.2, 0.25) is 0 Å². The van der Waals surface area contributed by atoms with Gasteiger partial charge in [-0.3, -0.25) is 4.68 Å². The Morgan fingerprint density at radius 1 is 1.18 bits per heavy atom. The van der Waals surface area contributed by atoms with Crippen LogP contribution in [0.15, 0.2) is 36.7 Å². The van der Waals surface area contributed by atoms with Crippen molar-refractivity contribution >= 4 is 11.6 Å². The first-order chi connectivity index (χ1) is 16.3. The van der Waals surface area contributed by atoms with E-state index in [0.717, 1.165) is 59.5 Å². The molecule has 0 aliphatic heterocycles. The average Bonchev–Trinajstić information content (AvgIpc) is 3.31. The minimum Gasteiger partial charge on any atom is -0.385 e. The minimum absolute atomic E-state index is 0.270. The number of nitrogens with one attached hydrogen (secondary N) is 1. The number of aliphatic hydroxyl groups is 1. The predicted octanol–water partition coefficient (Wildman–Crippen LogP) is 4.36. The first kappa shape index (κ1) is 22.2.